The van der Waals surface area contributed by atoms with Crippen molar-refractivity contribution in [1.29, 1.82) is 0 Å². The highest BCUT2D eigenvalue weighted by atomic mass is 16.2. The summed E-state index contributed by atoms with van der Waals surface area (Å²) in [6.07, 6.45) is 8.28. The van der Waals surface area contributed by atoms with E-state index in [0.29, 0.717) is 11.9 Å². The van der Waals surface area contributed by atoms with Gasteiger partial charge in [0.1, 0.15) is 0 Å². The molecular formula is C16H30N2O. The molecule has 3 nitrogen and oxygen atoms in total. The summed E-state index contributed by atoms with van der Waals surface area (Å²) < 4.78 is 0. The summed E-state index contributed by atoms with van der Waals surface area (Å²) in [7, 11) is 0. The summed E-state index contributed by atoms with van der Waals surface area (Å²) >= 11 is 0. The van der Waals surface area contributed by atoms with Crippen molar-refractivity contribution in [3.05, 3.63) is 0 Å². The van der Waals surface area contributed by atoms with Gasteiger partial charge in [0.15, 0.2) is 0 Å². The molecule has 110 valence electrons. The molecule has 3 heteroatoms. The number of amides is 1. The molecule has 19 heavy (non-hydrogen) atoms. The number of nitrogens with one attached hydrogen (secondary N) is 1. The van der Waals surface area contributed by atoms with E-state index in [1.165, 1.54) is 25.7 Å². The Hall–Kier alpha value is -0.570. The van der Waals surface area contributed by atoms with Gasteiger partial charge in [-0.1, -0.05) is 39.5 Å². The summed E-state index contributed by atoms with van der Waals surface area (Å²) in [5.41, 5.74) is -0.203. The summed E-state index contributed by atoms with van der Waals surface area (Å²) in [6.45, 7) is 8.89. The monoisotopic (exact) mass is 266 g/mol. The van der Waals surface area contributed by atoms with E-state index in [0.717, 1.165) is 25.2 Å². The van der Waals surface area contributed by atoms with Crippen molar-refractivity contribution in [1.82, 2.24) is 10.2 Å². The molecule has 1 aliphatic carbocycles. The zero-order chi connectivity index (χ0) is 14.0. The van der Waals surface area contributed by atoms with Crippen LogP contribution >= 0.6 is 0 Å². The summed E-state index contributed by atoms with van der Waals surface area (Å²) in [4.78, 5) is 14.9. The second kappa shape index (κ2) is 5.82. The standard InChI is InChI=1S/C16H30N2O/c1-12(2)8-7-9-13(3)18-14(4)17-16(15(18)19)10-5-6-11-16/h12-14,17H,5-11H2,1-4H3. The predicted octanol–water partition coefficient (Wildman–Crippen LogP) is 3.29. The van der Waals surface area contributed by atoms with Crippen molar-refractivity contribution in [3.8, 4) is 0 Å². The minimum atomic E-state index is -0.203. The second-order valence-electron chi connectivity index (χ2n) is 7.00. The van der Waals surface area contributed by atoms with E-state index >= 15 is 0 Å². The second-order valence-corrected chi connectivity index (χ2v) is 7.00. The third-order valence-electron chi connectivity index (χ3n) is 4.88. The molecule has 0 radical (unpaired) electrons. The first kappa shape index (κ1) is 14.8. The van der Waals surface area contributed by atoms with Gasteiger partial charge in [-0.25, -0.2) is 0 Å². The number of carbonyl (C=O) groups excluding carboxylic acids is 1. The Kier molecular flexibility index (Phi) is 4.54. The Bertz CT molecular complexity index is 321. The highest BCUT2D eigenvalue weighted by Crippen LogP contribution is 2.37. The molecule has 0 aromatic heterocycles. The van der Waals surface area contributed by atoms with Crippen LogP contribution in [0.25, 0.3) is 0 Å². The molecule has 1 N–H and O–H groups in total. The van der Waals surface area contributed by atoms with E-state index in [1.54, 1.807) is 0 Å². The van der Waals surface area contributed by atoms with E-state index in [9.17, 15) is 4.79 Å². The van der Waals surface area contributed by atoms with Crippen molar-refractivity contribution in [2.24, 2.45) is 5.92 Å². The zero-order valence-corrected chi connectivity index (χ0v) is 13.0. The van der Waals surface area contributed by atoms with Crippen LogP contribution in [0.3, 0.4) is 0 Å². The molecule has 1 heterocycles. The molecule has 2 rings (SSSR count). The molecule has 1 saturated carbocycles. The van der Waals surface area contributed by atoms with Gasteiger partial charge in [0, 0.05) is 6.04 Å². The van der Waals surface area contributed by atoms with Gasteiger partial charge in [0.2, 0.25) is 5.91 Å². The van der Waals surface area contributed by atoms with Crippen molar-refractivity contribution in [2.45, 2.75) is 90.4 Å². The molecule has 1 amide bonds. The average molecular weight is 266 g/mol. The lowest BCUT2D eigenvalue weighted by Gasteiger charge is -2.29. The molecule has 1 spiro atoms. The molecule has 2 aliphatic rings. The number of hydrogen-bond acceptors (Lipinski definition) is 2. The first-order chi connectivity index (χ1) is 8.96. The van der Waals surface area contributed by atoms with Gasteiger partial charge in [-0.15, -0.1) is 0 Å². The number of rotatable bonds is 5. The molecule has 0 bridgehead atoms. The molecule has 2 atom stereocenters. The maximum Gasteiger partial charge on any atom is 0.244 e. The van der Waals surface area contributed by atoms with Gasteiger partial charge in [-0.05, 0) is 39.0 Å². The molecule has 2 unspecified atom stereocenters. The average Bonchev–Trinajstić information content (AvgIpc) is 2.86. The highest BCUT2D eigenvalue weighted by Gasteiger charge is 2.51. The Morgan fingerprint density at radius 3 is 2.47 bits per heavy atom. The molecule has 0 aromatic rings. The van der Waals surface area contributed by atoms with Crippen LogP contribution in [0.4, 0.5) is 0 Å². The number of carbonyl (C=O) groups is 1. The predicted molar refractivity (Wildman–Crippen MR) is 78.8 cm³/mol. The molecule has 1 saturated heterocycles. The fraction of sp³-hybridized carbons (Fsp3) is 0.938. The lowest BCUT2D eigenvalue weighted by molar-refractivity contribution is -0.135. The van der Waals surface area contributed by atoms with Crippen molar-refractivity contribution >= 4 is 5.91 Å². The van der Waals surface area contributed by atoms with Gasteiger partial charge >= 0.3 is 0 Å². The number of nitrogens with zero attached hydrogens (tertiary/aromatic N) is 1. The van der Waals surface area contributed by atoms with E-state index in [4.69, 9.17) is 0 Å². The maximum absolute atomic E-state index is 12.7. The Morgan fingerprint density at radius 2 is 1.89 bits per heavy atom. The molecule has 0 aromatic carbocycles. The normalized spacial score (nSPS) is 27.7. The fourth-order valence-electron chi connectivity index (χ4n) is 3.83. The third kappa shape index (κ3) is 2.96. The Balaban J connectivity index is 1.94. The van der Waals surface area contributed by atoms with E-state index < -0.39 is 0 Å². The summed E-state index contributed by atoms with van der Waals surface area (Å²) in [5, 5.41) is 3.59. The van der Waals surface area contributed by atoms with Crippen LogP contribution in [-0.4, -0.2) is 28.6 Å². The van der Waals surface area contributed by atoms with Crippen LogP contribution < -0.4 is 5.32 Å². The van der Waals surface area contributed by atoms with Crippen molar-refractivity contribution in [3.63, 3.8) is 0 Å². The van der Waals surface area contributed by atoms with E-state index in [2.05, 4.69) is 37.9 Å². The van der Waals surface area contributed by atoms with Crippen LogP contribution in [0.2, 0.25) is 0 Å². The first-order valence-electron chi connectivity index (χ1n) is 8.07. The van der Waals surface area contributed by atoms with E-state index in [1.807, 2.05) is 0 Å². The first-order valence-corrected chi connectivity index (χ1v) is 8.07. The quantitative estimate of drug-likeness (QED) is 0.828. The molecule has 2 fully saturated rings. The van der Waals surface area contributed by atoms with Crippen LogP contribution in [0.1, 0.15) is 72.6 Å². The highest BCUT2D eigenvalue weighted by molar-refractivity contribution is 5.89. The van der Waals surface area contributed by atoms with Crippen molar-refractivity contribution in [2.75, 3.05) is 0 Å². The van der Waals surface area contributed by atoms with Gasteiger partial charge in [-0.3, -0.25) is 10.1 Å². The fourth-order valence-corrected chi connectivity index (χ4v) is 3.83. The number of hydrogen-bond donors (Lipinski definition) is 1. The van der Waals surface area contributed by atoms with Gasteiger partial charge in [-0.2, -0.15) is 0 Å². The molecular weight excluding hydrogens is 236 g/mol. The topological polar surface area (TPSA) is 32.3 Å². The smallest absolute Gasteiger partial charge is 0.244 e. The maximum atomic E-state index is 12.7. The van der Waals surface area contributed by atoms with Crippen molar-refractivity contribution < 1.29 is 4.79 Å². The summed E-state index contributed by atoms with van der Waals surface area (Å²) in [6, 6.07) is 0.369. The van der Waals surface area contributed by atoms with Gasteiger partial charge < -0.3 is 4.90 Å². The van der Waals surface area contributed by atoms with Crippen LogP contribution in [0.15, 0.2) is 0 Å². The largest absolute Gasteiger partial charge is 0.323 e. The Morgan fingerprint density at radius 1 is 1.26 bits per heavy atom. The molecule has 1 aliphatic heterocycles. The lowest BCUT2D eigenvalue weighted by atomic mass is 9.97. The lowest BCUT2D eigenvalue weighted by Crippen LogP contribution is -2.45. The van der Waals surface area contributed by atoms with Crippen LogP contribution in [-0.2, 0) is 4.79 Å². The van der Waals surface area contributed by atoms with E-state index in [-0.39, 0.29) is 11.7 Å². The SMILES string of the molecule is CC(C)CCCC(C)N1C(=O)C2(CCCC2)NC1C. The van der Waals surface area contributed by atoms with Crippen LogP contribution in [0, 0.1) is 5.92 Å². The van der Waals surface area contributed by atoms with Crippen LogP contribution in [0.5, 0.6) is 0 Å². The third-order valence-corrected chi connectivity index (χ3v) is 4.88. The zero-order valence-electron chi connectivity index (χ0n) is 13.0. The minimum absolute atomic E-state index is 0.203. The van der Waals surface area contributed by atoms with Gasteiger partial charge in [0.25, 0.3) is 0 Å². The Labute approximate surface area is 118 Å². The minimum Gasteiger partial charge on any atom is -0.323 e. The summed E-state index contributed by atoms with van der Waals surface area (Å²) in [5.74, 6) is 1.13. The van der Waals surface area contributed by atoms with Gasteiger partial charge in [0.05, 0.1) is 11.7 Å².